The molecule has 1 heterocycles. The lowest BCUT2D eigenvalue weighted by Gasteiger charge is -2.24. The van der Waals surface area contributed by atoms with Gasteiger partial charge in [0.1, 0.15) is 0 Å². The highest BCUT2D eigenvalue weighted by Crippen LogP contribution is 2.32. The molecule has 8 heteroatoms. The fourth-order valence-electron chi connectivity index (χ4n) is 1.96. The Bertz CT molecular complexity index is 759. The van der Waals surface area contributed by atoms with Crippen molar-refractivity contribution < 1.29 is 8.42 Å². The molecule has 0 radical (unpaired) electrons. The molecular formula is C13H16ClN3O2S2. The Morgan fingerprint density at radius 3 is 2.62 bits per heavy atom. The minimum Gasteiger partial charge on any atom is -0.375 e. The Hall–Kier alpha value is -1.15. The molecule has 0 amide bonds. The highest BCUT2D eigenvalue weighted by atomic mass is 35.5. The van der Waals surface area contributed by atoms with E-state index in [1.807, 2.05) is 13.0 Å². The molecule has 0 fully saturated rings. The Morgan fingerprint density at radius 1 is 1.43 bits per heavy atom. The summed E-state index contributed by atoms with van der Waals surface area (Å²) in [6.45, 7) is 3.45. The quantitative estimate of drug-likeness (QED) is 0.923. The van der Waals surface area contributed by atoms with Crippen LogP contribution >= 0.6 is 22.9 Å². The Balaban J connectivity index is 2.38. The van der Waals surface area contributed by atoms with Crippen molar-refractivity contribution in [3.05, 3.63) is 40.5 Å². The van der Waals surface area contributed by atoms with Gasteiger partial charge in [-0.05, 0) is 31.5 Å². The van der Waals surface area contributed by atoms with E-state index in [1.54, 1.807) is 25.1 Å². The van der Waals surface area contributed by atoms with Crippen LogP contribution in [0.25, 0.3) is 0 Å². The first-order chi connectivity index (χ1) is 9.73. The third-order valence-corrected chi connectivity index (χ3v) is 7.00. The third-order valence-electron chi connectivity index (χ3n) is 3.26. The molecule has 0 bridgehead atoms. The molecule has 0 aliphatic rings. The van der Waals surface area contributed by atoms with Crippen molar-refractivity contribution >= 4 is 38.1 Å². The molecule has 0 spiro atoms. The summed E-state index contributed by atoms with van der Waals surface area (Å²) < 4.78 is 26.8. The molecule has 5 nitrogen and oxygen atoms in total. The number of nitrogen functional groups attached to an aromatic ring is 1. The lowest BCUT2D eigenvalue weighted by atomic mass is 10.1. The van der Waals surface area contributed by atoms with Gasteiger partial charge in [0, 0.05) is 18.1 Å². The first-order valence-corrected chi connectivity index (χ1v) is 8.83. The van der Waals surface area contributed by atoms with Crippen LogP contribution in [-0.2, 0) is 10.0 Å². The second-order valence-corrected chi connectivity index (χ2v) is 8.34. The molecule has 0 aliphatic heterocycles. The number of hydrogen-bond acceptors (Lipinski definition) is 5. The van der Waals surface area contributed by atoms with E-state index >= 15 is 0 Å². The van der Waals surface area contributed by atoms with Crippen LogP contribution in [0.4, 0.5) is 5.13 Å². The summed E-state index contributed by atoms with van der Waals surface area (Å²) >= 11 is 6.94. The largest absolute Gasteiger partial charge is 0.375 e. The van der Waals surface area contributed by atoms with Crippen molar-refractivity contribution in [2.45, 2.75) is 24.1 Å². The minimum atomic E-state index is -3.64. The lowest BCUT2D eigenvalue weighted by Crippen LogP contribution is -2.29. The topological polar surface area (TPSA) is 76.3 Å². The van der Waals surface area contributed by atoms with Crippen LogP contribution < -0.4 is 5.73 Å². The van der Waals surface area contributed by atoms with Gasteiger partial charge >= 0.3 is 0 Å². The zero-order valence-electron chi connectivity index (χ0n) is 11.9. The first-order valence-electron chi connectivity index (χ1n) is 6.20. The van der Waals surface area contributed by atoms with Crippen molar-refractivity contribution in [2.75, 3.05) is 12.8 Å². The molecule has 1 aromatic carbocycles. The maximum atomic E-state index is 12.7. The molecule has 2 aromatic rings. The number of aryl methyl sites for hydroxylation is 1. The van der Waals surface area contributed by atoms with E-state index < -0.39 is 10.0 Å². The van der Waals surface area contributed by atoms with Gasteiger partial charge in [-0.3, -0.25) is 0 Å². The maximum absolute atomic E-state index is 12.7. The summed E-state index contributed by atoms with van der Waals surface area (Å²) in [5, 5.41) is 0.818. The van der Waals surface area contributed by atoms with Crippen LogP contribution in [0.3, 0.4) is 0 Å². The molecule has 114 valence electrons. The van der Waals surface area contributed by atoms with Crippen LogP contribution in [0.5, 0.6) is 0 Å². The maximum Gasteiger partial charge on any atom is 0.254 e. The number of halogens is 1. The molecule has 0 aliphatic carbocycles. The average molecular weight is 346 g/mol. The van der Waals surface area contributed by atoms with E-state index in [9.17, 15) is 8.42 Å². The van der Waals surface area contributed by atoms with E-state index in [2.05, 4.69) is 4.98 Å². The van der Waals surface area contributed by atoms with Crippen LogP contribution in [0.15, 0.2) is 28.5 Å². The smallest absolute Gasteiger partial charge is 0.254 e. The number of nitrogens with zero attached hydrogens (tertiary/aromatic N) is 2. The number of aromatic nitrogens is 1. The molecule has 2 N–H and O–H groups in total. The third kappa shape index (κ3) is 3.21. The fraction of sp³-hybridized carbons (Fsp3) is 0.308. The average Bonchev–Trinajstić information content (AvgIpc) is 2.76. The van der Waals surface area contributed by atoms with Crippen molar-refractivity contribution in [3.63, 3.8) is 0 Å². The monoisotopic (exact) mass is 345 g/mol. The predicted molar refractivity (Wildman–Crippen MR) is 86.1 cm³/mol. The summed E-state index contributed by atoms with van der Waals surface area (Å²) in [5.41, 5.74) is 6.83. The van der Waals surface area contributed by atoms with Crippen molar-refractivity contribution in [3.8, 4) is 0 Å². The number of rotatable bonds is 4. The lowest BCUT2D eigenvalue weighted by molar-refractivity contribution is 0.399. The van der Waals surface area contributed by atoms with Gasteiger partial charge in [-0.1, -0.05) is 35.1 Å². The number of nitrogens with two attached hydrogens (primary N) is 1. The SMILES string of the molecule is Cc1nc(N)sc1S(=O)(=O)N(C)C(C)c1cccc(Cl)c1. The summed E-state index contributed by atoms with van der Waals surface area (Å²) in [6, 6.07) is 6.80. The normalized spacial score (nSPS) is 13.6. The Morgan fingerprint density at radius 2 is 2.10 bits per heavy atom. The van der Waals surface area contributed by atoms with Crippen molar-refractivity contribution in [1.29, 1.82) is 0 Å². The minimum absolute atomic E-state index is 0.177. The van der Waals surface area contributed by atoms with Crippen LogP contribution in [0, 0.1) is 6.92 Å². The summed E-state index contributed by atoms with van der Waals surface area (Å²) in [7, 11) is -2.10. The molecular weight excluding hydrogens is 330 g/mol. The number of thiazole rings is 1. The van der Waals surface area contributed by atoms with Gasteiger partial charge in [0.05, 0.1) is 5.69 Å². The highest BCUT2D eigenvalue weighted by Gasteiger charge is 2.30. The van der Waals surface area contributed by atoms with Crippen molar-refractivity contribution in [1.82, 2.24) is 9.29 Å². The van der Waals surface area contributed by atoms with Gasteiger partial charge in [-0.2, -0.15) is 4.31 Å². The van der Waals surface area contributed by atoms with Gasteiger partial charge in [0.2, 0.25) is 0 Å². The number of benzene rings is 1. The molecule has 21 heavy (non-hydrogen) atoms. The zero-order chi connectivity index (χ0) is 15.8. The number of anilines is 1. The van der Waals surface area contributed by atoms with E-state index in [0.717, 1.165) is 16.9 Å². The number of hydrogen-bond donors (Lipinski definition) is 1. The van der Waals surface area contributed by atoms with Crippen LogP contribution in [0.2, 0.25) is 5.02 Å². The van der Waals surface area contributed by atoms with Gasteiger partial charge in [0.15, 0.2) is 9.34 Å². The van der Waals surface area contributed by atoms with Gasteiger partial charge in [-0.15, -0.1) is 0 Å². The molecule has 0 saturated heterocycles. The first kappa shape index (κ1) is 16.2. The molecule has 0 saturated carbocycles. The van der Waals surface area contributed by atoms with Crippen LogP contribution in [0.1, 0.15) is 24.2 Å². The molecule has 1 unspecified atom stereocenters. The van der Waals surface area contributed by atoms with E-state index in [1.165, 1.54) is 11.4 Å². The Kier molecular flexibility index (Phi) is 4.57. The summed E-state index contributed by atoms with van der Waals surface area (Å²) in [5.74, 6) is 0. The highest BCUT2D eigenvalue weighted by molar-refractivity contribution is 7.91. The predicted octanol–water partition coefficient (Wildman–Crippen LogP) is 3.07. The van der Waals surface area contributed by atoms with E-state index in [4.69, 9.17) is 17.3 Å². The van der Waals surface area contributed by atoms with E-state index in [-0.39, 0.29) is 15.4 Å². The second-order valence-electron chi connectivity index (χ2n) is 4.68. The Labute approximate surface area is 133 Å². The standard InChI is InChI=1S/C13H16ClN3O2S2/c1-8-12(20-13(15)16-8)21(18,19)17(3)9(2)10-5-4-6-11(14)7-10/h4-7,9H,1-3H3,(H2,15,16). The summed E-state index contributed by atoms with van der Waals surface area (Å²) in [4.78, 5) is 3.98. The van der Waals surface area contributed by atoms with Crippen molar-refractivity contribution in [2.24, 2.45) is 0 Å². The number of sulfonamides is 1. The summed E-state index contributed by atoms with van der Waals surface area (Å²) in [6.07, 6.45) is 0. The zero-order valence-corrected chi connectivity index (χ0v) is 14.3. The fourth-order valence-corrected chi connectivity index (χ4v) is 4.97. The molecule has 1 aromatic heterocycles. The van der Waals surface area contributed by atoms with Gasteiger partial charge < -0.3 is 5.73 Å². The van der Waals surface area contributed by atoms with Gasteiger partial charge in [0.25, 0.3) is 10.0 Å². The second kappa shape index (κ2) is 5.92. The van der Waals surface area contributed by atoms with Crippen LogP contribution in [-0.4, -0.2) is 24.8 Å². The van der Waals surface area contributed by atoms with E-state index in [0.29, 0.717) is 10.7 Å². The molecule has 1 atom stereocenters. The van der Waals surface area contributed by atoms with Gasteiger partial charge in [-0.25, -0.2) is 13.4 Å². The molecule has 2 rings (SSSR count).